The number of hydrogen-bond acceptors (Lipinski definition) is 5. The van der Waals surface area contributed by atoms with Gasteiger partial charge in [0.2, 0.25) is 0 Å². The minimum absolute atomic E-state index is 0.00371. The van der Waals surface area contributed by atoms with Crippen LogP contribution in [-0.4, -0.2) is 25.9 Å². The summed E-state index contributed by atoms with van der Waals surface area (Å²) >= 11 is 0. The third-order valence-electron chi connectivity index (χ3n) is 6.11. The second kappa shape index (κ2) is 15.6. The zero-order valence-corrected chi connectivity index (χ0v) is 20.8. The topological polar surface area (TPSA) is 60.2 Å². The molecule has 1 aromatic rings. The molecule has 1 aliphatic heterocycles. The molecule has 1 aromatic carbocycles. The molecule has 0 atom stereocenters. The molecule has 1 heterocycles. The molecule has 0 radical (unpaired) electrons. The number of rotatable bonds is 19. The lowest BCUT2D eigenvalue weighted by molar-refractivity contribution is -0.166. The van der Waals surface area contributed by atoms with Crippen LogP contribution in [0.4, 0.5) is 13.2 Å². The van der Waals surface area contributed by atoms with Gasteiger partial charge in [-0.15, -0.1) is 10.2 Å². The maximum absolute atomic E-state index is 13.1. The van der Waals surface area contributed by atoms with Gasteiger partial charge in [0, 0.05) is 12.0 Å². The zero-order valence-electron chi connectivity index (χ0n) is 20.8. The van der Waals surface area contributed by atoms with Gasteiger partial charge < -0.3 is 9.47 Å². The molecule has 0 fully saturated rings. The van der Waals surface area contributed by atoms with Crippen LogP contribution in [0, 0.1) is 0 Å². The highest BCUT2D eigenvalue weighted by Crippen LogP contribution is 2.52. The van der Waals surface area contributed by atoms with Crippen molar-refractivity contribution in [3.8, 4) is 5.75 Å². The number of halogens is 3. The second-order valence-electron chi connectivity index (χ2n) is 9.01. The van der Waals surface area contributed by atoms with E-state index in [2.05, 4.69) is 27.1 Å². The number of alkyl halides is 3. The lowest BCUT2D eigenvalue weighted by atomic mass is 10.0. The summed E-state index contributed by atoms with van der Waals surface area (Å²) in [6.07, 6.45) is 15.1. The lowest BCUT2D eigenvalue weighted by Gasteiger charge is -2.15. The highest BCUT2D eigenvalue weighted by Gasteiger charge is 2.65. The third kappa shape index (κ3) is 10.8. The van der Waals surface area contributed by atoms with E-state index in [1.54, 1.807) is 12.1 Å². The number of carbonyl (C=O) groups excluding carboxylic acids is 1. The quantitative estimate of drug-likeness (QED) is 0.110. The van der Waals surface area contributed by atoms with Crippen molar-refractivity contribution in [3.63, 3.8) is 0 Å². The molecule has 35 heavy (non-hydrogen) atoms. The second-order valence-corrected chi connectivity index (χ2v) is 9.01. The van der Waals surface area contributed by atoms with Gasteiger partial charge in [-0.1, -0.05) is 69.2 Å². The molecule has 196 valence electrons. The zero-order chi connectivity index (χ0) is 25.4. The first-order valence-corrected chi connectivity index (χ1v) is 12.8. The Morgan fingerprint density at radius 1 is 0.886 bits per heavy atom. The van der Waals surface area contributed by atoms with Crippen molar-refractivity contribution in [2.45, 2.75) is 102 Å². The van der Waals surface area contributed by atoms with E-state index in [-0.39, 0.29) is 11.5 Å². The first-order valence-electron chi connectivity index (χ1n) is 12.8. The van der Waals surface area contributed by atoms with E-state index in [0.29, 0.717) is 18.8 Å². The van der Waals surface area contributed by atoms with Crippen LogP contribution in [0.15, 0.2) is 46.6 Å². The molecule has 2 rings (SSSR count). The van der Waals surface area contributed by atoms with Crippen LogP contribution < -0.4 is 4.74 Å². The van der Waals surface area contributed by atoms with E-state index >= 15 is 0 Å². The summed E-state index contributed by atoms with van der Waals surface area (Å²) in [5.74, 6) is 0.309. The third-order valence-corrected chi connectivity index (χ3v) is 6.11. The molecule has 0 unspecified atom stereocenters. The van der Waals surface area contributed by atoms with Crippen molar-refractivity contribution in [2.24, 2.45) is 10.2 Å². The molecule has 0 aliphatic carbocycles. The minimum Gasteiger partial charge on any atom is -0.494 e. The average molecular weight is 497 g/mol. The number of esters is 1. The fourth-order valence-corrected chi connectivity index (χ4v) is 3.91. The largest absolute Gasteiger partial charge is 0.494 e. The number of hydrogen-bond donors (Lipinski definition) is 0. The predicted octanol–water partition coefficient (Wildman–Crippen LogP) is 8.44. The van der Waals surface area contributed by atoms with Gasteiger partial charge in [0.05, 0.1) is 13.7 Å². The highest BCUT2D eigenvalue weighted by atomic mass is 19.4. The molecule has 0 saturated carbocycles. The Kier molecular flexibility index (Phi) is 12.8. The van der Waals surface area contributed by atoms with Crippen molar-refractivity contribution in [1.29, 1.82) is 0 Å². The molecule has 0 aromatic heterocycles. The number of nitrogens with zero attached hydrogens (tertiary/aromatic N) is 2. The summed E-state index contributed by atoms with van der Waals surface area (Å²) < 4.78 is 49.6. The lowest BCUT2D eigenvalue weighted by Crippen LogP contribution is -2.30. The Morgan fingerprint density at radius 2 is 1.46 bits per heavy atom. The number of methoxy groups -OCH3 is 1. The number of allylic oxidation sites excluding steroid dienone is 2. The first kappa shape index (κ1) is 28.9. The van der Waals surface area contributed by atoms with Crippen molar-refractivity contribution < 1.29 is 27.4 Å². The van der Waals surface area contributed by atoms with E-state index in [1.807, 2.05) is 0 Å². The monoisotopic (exact) mass is 496 g/mol. The van der Waals surface area contributed by atoms with Crippen molar-refractivity contribution in [3.05, 3.63) is 42.0 Å². The van der Waals surface area contributed by atoms with E-state index in [4.69, 9.17) is 4.74 Å². The van der Waals surface area contributed by atoms with Crippen molar-refractivity contribution in [1.82, 2.24) is 0 Å². The van der Waals surface area contributed by atoms with E-state index in [0.717, 1.165) is 44.9 Å². The summed E-state index contributed by atoms with van der Waals surface area (Å²) in [6, 6.07) is 5.98. The standard InChI is InChI=1S/C27H39F3N2O3/c1-34-25(33)20-15-13-11-9-7-5-3-2-4-6-8-10-12-14-16-21-35-24-19-17-18-23(22-24)26(31-32-26)27(28,29)30/h2-3,17-19,22H,4-16,20-21H2,1H3/b3-2-. The molecule has 0 saturated heterocycles. The van der Waals surface area contributed by atoms with E-state index in [1.165, 1.54) is 57.8 Å². The Hall–Kier alpha value is -2.38. The number of carbonyl (C=O) groups is 1. The Bertz CT molecular complexity index is 803. The molecule has 5 nitrogen and oxygen atoms in total. The van der Waals surface area contributed by atoms with Gasteiger partial charge in [-0.05, 0) is 50.7 Å². The number of benzene rings is 1. The van der Waals surface area contributed by atoms with Gasteiger partial charge in [0.25, 0.3) is 0 Å². The molecule has 0 N–H and O–H groups in total. The Balaban J connectivity index is 1.39. The maximum Gasteiger partial charge on any atom is 0.442 e. The summed E-state index contributed by atoms with van der Waals surface area (Å²) in [5, 5.41) is 6.47. The first-order chi connectivity index (χ1) is 16.9. The molecule has 1 aliphatic rings. The predicted molar refractivity (Wildman–Crippen MR) is 130 cm³/mol. The molecule has 0 spiro atoms. The SMILES string of the molecule is COC(=O)CCCCCCC/C=C\CCCCCCCCOc1cccc(C2(C(F)(F)F)N=N2)c1. The summed E-state index contributed by atoms with van der Waals surface area (Å²) in [7, 11) is 1.43. The summed E-state index contributed by atoms with van der Waals surface area (Å²) in [6.45, 7) is 0.491. The summed E-state index contributed by atoms with van der Waals surface area (Å²) in [4.78, 5) is 11.0. The maximum atomic E-state index is 13.1. The van der Waals surface area contributed by atoms with Crippen LogP contribution in [0.3, 0.4) is 0 Å². The van der Waals surface area contributed by atoms with Crippen LogP contribution >= 0.6 is 0 Å². The number of ether oxygens (including phenoxy) is 2. The Labute approximate surface area is 207 Å². The highest BCUT2D eigenvalue weighted by molar-refractivity contribution is 5.68. The van der Waals surface area contributed by atoms with Crippen LogP contribution in [0.5, 0.6) is 5.75 Å². The average Bonchev–Trinajstić information content (AvgIpc) is 3.66. The molecule has 0 amide bonds. The molecule has 8 heteroatoms. The fraction of sp³-hybridized carbons (Fsp3) is 0.667. The Morgan fingerprint density at radius 3 is 2.03 bits per heavy atom. The van der Waals surface area contributed by atoms with Gasteiger partial charge >= 0.3 is 17.8 Å². The van der Waals surface area contributed by atoms with Gasteiger partial charge in [-0.2, -0.15) is 13.2 Å². The molecular weight excluding hydrogens is 457 g/mol. The molecule has 0 bridgehead atoms. The smallest absolute Gasteiger partial charge is 0.442 e. The van der Waals surface area contributed by atoms with E-state index in [9.17, 15) is 18.0 Å². The summed E-state index contributed by atoms with van der Waals surface area (Å²) in [5.41, 5.74) is -2.39. The van der Waals surface area contributed by atoms with Gasteiger partial charge in [-0.25, -0.2) is 0 Å². The van der Waals surface area contributed by atoms with Gasteiger partial charge in [0.15, 0.2) is 0 Å². The fourth-order valence-electron chi connectivity index (χ4n) is 3.91. The molecular formula is C27H39F3N2O3. The van der Waals surface area contributed by atoms with Gasteiger partial charge in [0.1, 0.15) is 5.75 Å². The van der Waals surface area contributed by atoms with Gasteiger partial charge in [-0.3, -0.25) is 4.79 Å². The van der Waals surface area contributed by atoms with E-state index < -0.39 is 11.8 Å². The van der Waals surface area contributed by atoms with Crippen molar-refractivity contribution >= 4 is 5.97 Å². The van der Waals surface area contributed by atoms with Crippen LogP contribution in [0.2, 0.25) is 0 Å². The normalized spacial score (nSPS) is 14.4. The van der Waals surface area contributed by atoms with Crippen LogP contribution in [0.1, 0.15) is 95.5 Å². The van der Waals surface area contributed by atoms with Crippen LogP contribution in [-0.2, 0) is 15.2 Å². The minimum atomic E-state index is -4.52. The van der Waals surface area contributed by atoms with Crippen LogP contribution in [0.25, 0.3) is 0 Å². The van der Waals surface area contributed by atoms with Crippen molar-refractivity contribution in [2.75, 3.05) is 13.7 Å². The number of unbranched alkanes of at least 4 members (excludes halogenated alkanes) is 11.